The minimum Gasteiger partial charge on any atom is -0.379 e. The average molecular weight is 156 g/mol. The molecule has 0 aliphatic carbocycles. The third kappa shape index (κ3) is 1.17. The van der Waals surface area contributed by atoms with Gasteiger partial charge in [0, 0.05) is 25.0 Å². The average Bonchev–Trinajstić information content (AvgIpc) is 2.28. The molecule has 64 valence electrons. The summed E-state index contributed by atoms with van der Waals surface area (Å²) in [5, 5.41) is 12.3. The standard InChI is InChI=1S/C8H16N2O/c1-2-10-5-8(6-10)3-7(11)9-4-8/h7,9,11H,2-6H2,1H3. The summed E-state index contributed by atoms with van der Waals surface area (Å²) in [6, 6.07) is 0. The van der Waals surface area contributed by atoms with Crippen LogP contribution in [0.15, 0.2) is 0 Å². The molecular weight excluding hydrogens is 140 g/mol. The van der Waals surface area contributed by atoms with E-state index in [2.05, 4.69) is 17.1 Å². The molecule has 0 amide bonds. The Kier molecular flexibility index (Phi) is 1.67. The van der Waals surface area contributed by atoms with Crippen LogP contribution in [0.4, 0.5) is 0 Å². The SMILES string of the molecule is CCN1CC2(CNC(O)C2)C1. The Hall–Kier alpha value is -0.120. The van der Waals surface area contributed by atoms with Crippen molar-refractivity contribution in [3.63, 3.8) is 0 Å². The molecule has 1 atom stereocenters. The molecule has 2 aliphatic rings. The lowest BCUT2D eigenvalue weighted by molar-refractivity contribution is 0.00926. The van der Waals surface area contributed by atoms with Crippen LogP contribution in [0, 0.1) is 5.41 Å². The molecule has 2 N–H and O–H groups in total. The fourth-order valence-electron chi connectivity index (χ4n) is 2.26. The van der Waals surface area contributed by atoms with Gasteiger partial charge in [-0.15, -0.1) is 0 Å². The predicted octanol–water partition coefficient (Wildman–Crippen LogP) is -0.380. The van der Waals surface area contributed by atoms with Gasteiger partial charge in [0.1, 0.15) is 6.23 Å². The summed E-state index contributed by atoms with van der Waals surface area (Å²) in [4.78, 5) is 2.42. The van der Waals surface area contributed by atoms with Gasteiger partial charge in [-0.05, 0) is 13.0 Å². The summed E-state index contributed by atoms with van der Waals surface area (Å²) in [6.45, 7) is 6.69. The van der Waals surface area contributed by atoms with Crippen LogP contribution in [0.1, 0.15) is 13.3 Å². The smallest absolute Gasteiger partial charge is 0.105 e. The molecule has 2 rings (SSSR count). The van der Waals surface area contributed by atoms with Crippen LogP contribution in [0.3, 0.4) is 0 Å². The monoisotopic (exact) mass is 156 g/mol. The van der Waals surface area contributed by atoms with Gasteiger partial charge in [0.25, 0.3) is 0 Å². The van der Waals surface area contributed by atoms with E-state index in [9.17, 15) is 5.11 Å². The van der Waals surface area contributed by atoms with E-state index in [0.29, 0.717) is 5.41 Å². The highest BCUT2D eigenvalue weighted by atomic mass is 16.3. The lowest BCUT2D eigenvalue weighted by Crippen LogP contribution is -2.56. The van der Waals surface area contributed by atoms with E-state index in [4.69, 9.17) is 0 Å². The predicted molar refractivity (Wildman–Crippen MR) is 43.2 cm³/mol. The number of aliphatic hydroxyl groups is 1. The third-order valence-electron chi connectivity index (χ3n) is 2.90. The van der Waals surface area contributed by atoms with Gasteiger partial charge < -0.3 is 10.0 Å². The molecular formula is C8H16N2O. The first-order chi connectivity index (χ1) is 5.24. The topological polar surface area (TPSA) is 35.5 Å². The molecule has 2 heterocycles. The molecule has 11 heavy (non-hydrogen) atoms. The Morgan fingerprint density at radius 1 is 1.64 bits per heavy atom. The van der Waals surface area contributed by atoms with Crippen LogP contribution in [-0.2, 0) is 0 Å². The number of nitrogens with zero attached hydrogens (tertiary/aromatic N) is 1. The van der Waals surface area contributed by atoms with Gasteiger partial charge >= 0.3 is 0 Å². The lowest BCUT2D eigenvalue weighted by atomic mass is 9.79. The highest BCUT2D eigenvalue weighted by molar-refractivity contribution is 5.00. The van der Waals surface area contributed by atoms with Gasteiger partial charge in [0.2, 0.25) is 0 Å². The third-order valence-corrected chi connectivity index (χ3v) is 2.90. The Morgan fingerprint density at radius 2 is 2.36 bits per heavy atom. The first kappa shape index (κ1) is 7.53. The van der Waals surface area contributed by atoms with Crippen LogP contribution >= 0.6 is 0 Å². The molecule has 0 aromatic rings. The van der Waals surface area contributed by atoms with E-state index in [1.54, 1.807) is 0 Å². The van der Waals surface area contributed by atoms with Gasteiger partial charge in [0.15, 0.2) is 0 Å². The van der Waals surface area contributed by atoms with Crippen molar-refractivity contribution in [2.45, 2.75) is 19.6 Å². The lowest BCUT2D eigenvalue weighted by Gasteiger charge is -2.47. The van der Waals surface area contributed by atoms with E-state index >= 15 is 0 Å². The normalized spacial score (nSPS) is 36.0. The summed E-state index contributed by atoms with van der Waals surface area (Å²) in [6.07, 6.45) is 0.706. The van der Waals surface area contributed by atoms with E-state index in [1.165, 1.54) is 13.1 Å². The maximum absolute atomic E-state index is 9.26. The van der Waals surface area contributed by atoms with Crippen LogP contribution in [0.25, 0.3) is 0 Å². The Morgan fingerprint density at radius 3 is 2.82 bits per heavy atom. The molecule has 2 fully saturated rings. The van der Waals surface area contributed by atoms with Crippen molar-refractivity contribution in [2.75, 3.05) is 26.2 Å². The maximum Gasteiger partial charge on any atom is 0.105 e. The molecule has 0 bridgehead atoms. The second-order valence-electron chi connectivity index (χ2n) is 3.90. The highest BCUT2D eigenvalue weighted by Crippen LogP contribution is 2.37. The zero-order valence-electron chi connectivity index (χ0n) is 7.01. The maximum atomic E-state index is 9.26. The van der Waals surface area contributed by atoms with E-state index in [0.717, 1.165) is 19.5 Å². The van der Waals surface area contributed by atoms with Crippen molar-refractivity contribution in [2.24, 2.45) is 5.41 Å². The molecule has 3 nitrogen and oxygen atoms in total. The fraction of sp³-hybridized carbons (Fsp3) is 1.00. The van der Waals surface area contributed by atoms with Crippen molar-refractivity contribution in [1.29, 1.82) is 0 Å². The van der Waals surface area contributed by atoms with Gasteiger partial charge in [-0.2, -0.15) is 0 Å². The van der Waals surface area contributed by atoms with E-state index in [-0.39, 0.29) is 6.23 Å². The minimum absolute atomic E-state index is 0.242. The second kappa shape index (κ2) is 2.44. The molecule has 2 saturated heterocycles. The van der Waals surface area contributed by atoms with Crippen LogP contribution < -0.4 is 5.32 Å². The van der Waals surface area contributed by atoms with E-state index in [1.807, 2.05) is 0 Å². The number of likely N-dealkylation sites (tertiary alicyclic amines) is 1. The summed E-state index contributed by atoms with van der Waals surface area (Å²) >= 11 is 0. The number of rotatable bonds is 1. The fourth-order valence-corrected chi connectivity index (χ4v) is 2.26. The molecule has 1 spiro atoms. The van der Waals surface area contributed by atoms with Gasteiger partial charge in [-0.1, -0.05) is 6.92 Å². The number of aliphatic hydroxyl groups excluding tert-OH is 1. The first-order valence-electron chi connectivity index (χ1n) is 4.38. The minimum atomic E-state index is -0.242. The van der Waals surface area contributed by atoms with Crippen LogP contribution in [-0.4, -0.2) is 42.4 Å². The summed E-state index contributed by atoms with van der Waals surface area (Å²) in [5.74, 6) is 0. The molecule has 0 aromatic heterocycles. The molecule has 3 heteroatoms. The van der Waals surface area contributed by atoms with Crippen LogP contribution in [0.2, 0.25) is 0 Å². The zero-order chi connectivity index (χ0) is 7.90. The Bertz CT molecular complexity index is 154. The first-order valence-corrected chi connectivity index (χ1v) is 4.38. The van der Waals surface area contributed by atoms with Crippen molar-refractivity contribution in [3.05, 3.63) is 0 Å². The van der Waals surface area contributed by atoms with Crippen molar-refractivity contribution in [3.8, 4) is 0 Å². The molecule has 0 aromatic carbocycles. The zero-order valence-corrected chi connectivity index (χ0v) is 7.01. The molecule has 2 aliphatic heterocycles. The Balaban J connectivity index is 1.87. The highest BCUT2D eigenvalue weighted by Gasteiger charge is 2.46. The van der Waals surface area contributed by atoms with Gasteiger partial charge in [-0.3, -0.25) is 5.32 Å². The van der Waals surface area contributed by atoms with Crippen molar-refractivity contribution < 1.29 is 5.11 Å². The van der Waals surface area contributed by atoms with E-state index < -0.39 is 0 Å². The number of hydrogen-bond acceptors (Lipinski definition) is 3. The molecule has 1 unspecified atom stereocenters. The molecule has 0 radical (unpaired) electrons. The van der Waals surface area contributed by atoms with Gasteiger partial charge in [-0.25, -0.2) is 0 Å². The second-order valence-corrected chi connectivity index (χ2v) is 3.90. The number of nitrogens with one attached hydrogen (secondary N) is 1. The molecule has 0 saturated carbocycles. The Labute approximate surface area is 67.4 Å². The van der Waals surface area contributed by atoms with Crippen molar-refractivity contribution in [1.82, 2.24) is 10.2 Å². The summed E-state index contributed by atoms with van der Waals surface area (Å²) in [7, 11) is 0. The van der Waals surface area contributed by atoms with Gasteiger partial charge in [0.05, 0.1) is 0 Å². The number of hydrogen-bond donors (Lipinski definition) is 2. The quantitative estimate of drug-likeness (QED) is 0.543. The summed E-state index contributed by atoms with van der Waals surface area (Å²) < 4.78 is 0. The summed E-state index contributed by atoms with van der Waals surface area (Å²) in [5.41, 5.74) is 0.426. The van der Waals surface area contributed by atoms with Crippen LogP contribution in [0.5, 0.6) is 0 Å². The van der Waals surface area contributed by atoms with Crippen molar-refractivity contribution >= 4 is 0 Å². The largest absolute Gasteiger partial charge is 0.379 e.